The highest BCUT2D eigenvalue weighted by atomic mass is 16.4. The lowest BCUT2D eigenvalue weighted by Crippen LogP contribution is -2.38. The summed E-state index contributed by atoms with van der Waals surface area (Å²) < 4.78 is 0. The van der Waals surface area contributed by atoms with Gasteiger partial charge in [0.2, 0.25) is 5.91 Å². The fraction of sp³-hybridized carbons (Fsp3) is 0.400. The summed E-state index contributed by atoms with van der Waals surface area (Å²) in [5.41, 5.74) is 0. The zero-order chi connectivity index (χ0) is 11.5. The number of hydrogen-bond acceptors (Lipinski definition) is 4. The van der Waals surface area contributed by atoms with Gasteiger partial charge in [-0.1, -0.05) is 0 Å². The number of likely N-dealkylation sites (tertiary alicyclic amines) is 1. The number of carbonyl (C=O) groups is 2. The molecule has 2 heterocycles. The van der Waals surface area contributed by atoms with Crippen molar-refractivity contribution in [2.45, 2.75) is 25.4 Å². The van der Waals surface area contributed by atoms with E-state index < -0.39 is 12.0 Å². The molecular weight excluding hydrogens is 210 g/mol. The van der Waals surface area contributed by atoms with Crippen LogP contribution in [0.25, 0.3) is 0 Å². The van der Waals surface area contributed by atoms with Crippen LogP contribution in [0.4, 0.5) is 0 Å². The Morgan fingerprint density at radius 1 is 1.50 bits per heavy atom. The molecule has 0 aromatic carbocycles. The molecule has 1 N–H and O–H groups in total. The van der Waals surface area contributed by atoms with Crippen molar-refractivity contribution in [2.24, 2.45) is 0 Å². The smallest absolute Gasteiger partial charge is 0.326 e. The molecule has 1 aliphatic heterocycles. The lowest BCUT2D eigenvalue weighted by atomic mass is 10.2. The maximum atomic E-state index is 11.5. The van der Waals surface area contributed by atoms with Gasteiger partial charge in [0.05, 0.1) is 6.54 Å². The molecule has 1 atom stereocenters. The van der Waals surface area contributed by atoms with Crippen molar-refractivity contribution in [3.63, 3.8) is 0 Å². The highest BCUT2D eigenvalue weighted by Crippen LogP contribution is 2.20. The maximum Gasteiger partial charge on any atom is 0.326 e. The Bertz CT molecular complexity index is 407. The van der Waals surface area contributed by atoms with Crippen LogP contribution in [0.2, 0.25) is 0 Å². The van der Waals surface area contributed by atoms with Crippen LogP contribution in [0.1, 0.15) is 18.7 Å². The van der Waals surface area contributed by atoms with Gasteiger partial charge in [-0.15, -0.1) is 0 Å². The molecule has 6 nitrogen and oxygen atoms in total. The Hall–Kier alpha value is -1.98. The third kappa shape index (κ3) is 2.00. The van der Waals surface area contributed by atoms with Crippen LogP contribution in [0.15, 0.2) is 18.5 Å². The monoisotopic (exact) mass is 221 g/mol. The Morgan fingerprint density at radius 2 is 2.19 bits per heavy atom. The van der Waals surface area contributed by atoms with Crippen LogP contribution < -0.4 is 0 Å². The van der Waals surface area contributed by atoms with Gasteiger partial charge < -0.3 is 10.0 Å². The number of carboxylic acid groups (broad SMARTS) is 1. The molecule has 1 aromatic heterocycles. The summed E-state index contributed by atoms with van der Waals surface area (Å²) in [7, 11) is 0. The molecule has 6 heteroatoms. The highest BCUT2D eigenvalue weighted by Gasteiger charge is 2.36. The first-order valence-electron chi connectivity index (χ1n) is 4.96. The molecule has 84 valence electrons. The summed E-state index contributed by atoms with van der Waals surface area (Å²) in [4.78, 5) is 31.7. The number of carbonyl (C=O) groups excluding carboxylic acids is 1. The standard InChI is InChI=1S/C10H11N3O3/c14-9-3-2-7(10(15)16)13(9)6-8-11-4-1-5-12-8/h1,4-5,7H,2-3,6H2,(H,15,16). The Labute approximate surface area is 91.9 Å². The molecular formula is C10H11N3O3. The molecule has 1 saturated heterocycles. The molecule has 1 fully saturated rings. The third-order valence-electron chi connectivity index (χ3n) is 2.54. The lowest BCUT2D eigenvalue weighted by molar-refractivity contribution is -0.146. The summed E-state index contributed by atoms with van der Waals surface area (Å²) in [6, 6.07) is 0.931. The third-order valence-corrected chi connectivity index (χ3v) is 2.54. The van der Waals surface area contributed by atoms with E-state index in [-0.39, 0.29) is 18.9 Å². The molecule has 1 aromatic rings. The summed E-state index contributed by atoms with van der Waals surface area (Å²) in [5, 5.41) is 8.94. The molecule has 0 saturated carbocycles. The molecule has 1 amide bonds. The van der Waals surface area contributed by atoms with E-state index in [0.29, 0.717) is 12.2 Å². The van der Waals surface area contributed by atoms with E-state index in [1.807, 2.05) is 0 Å². The van der Waals surface area contributed by atoms with E-state index in [0.717, 1.165) is 0 Å². The first kappa shape index (κ1) is 10.5. The lowest BCUT2D eigenvalue weighted by Gasteiger charge is -2.20. The van der Waals surface area contributed by atoms with Gasteiger partial charge in [-0.2, -0.15) is 0 Å². The first-order chi connectivity index (χ1) is 7.68. The molecule has 1 unspecified atom stereocenters. The Balaban J connectivity index is 2.13. The van der Waals surface area contributed by atoms with Crippen LogP contribution in [0.5, 0.6) is 0 Å². The fourth-order valence-corrected chi connectivity index (χ4v) is 1.75. The van der Waals surface area contributed by atoms with E-state index in [2.05, 4.69) is 9.97 Å². The molecule has 16 heavy (non-hydrogen) atoms. The number of carboxylic acids is 1. The van der Waals surface area contributed by atoms with Crippen molar-refractivity contribution < 1.29 is 14.7 Å². The van der Waals surface area contributed by atoms with Crippen LogP contribution in [0, 0.1) is 0 Å². The van der Waals surface area contributed by atoms with Gasteiger partial charge in [0.15, 0.2) is 0 Å². The summed E-state index contributed by atoms with van der Waals surface area (Å²) in [6.45, 7) is 0.163. The molecule has 0 radical (unpaired) electrons. The zero-order valence-electron chi connectivity index (χ0n) is 8.54. The van der Waals surface area contributed by atoms with Crippen LogP contribution in [-0.4, -0.2) is 37.9 Å². The second kappa shape index (κ2) is 4.26. The number of hydrogen-bond donors (Lipinski definition) is 1. The average molecular weight is 221 g/mol. The topological polar surface area (TPSA) is 83.4 Å². The van der Waals surface area contributed by atoms with Gasteiger partial charge >= 0.3 is 5.97 Å². The van der Waals surface area contributed by atoms with E-state index in [1.54, 1.807) is 18.5 Å². The number of aromatic nitrogens is 2. The maximum absolute atomic E-state index is 11.5. The highest BCUT2D eigenvalue weighted by molar-refractivity contribution is 5.87. The summed E-state index contributed by atoms with van der Waals surface area (Å²) in [6.07, 6.45) is 3.78. The van der Waals surface area contributed by atoms with E-state index in [1.165, 1.54) is 4.90 Å². The van der Waals surface area contributed by atoms with Crippen LogP contribution >= 0.6 is 0 Å². The van der Waals surface area contributed by atoms with Crippen molar-refractivity contribution in [1.29, 1.82) is 0 Å². The van der Waals surface area contributed by atoms with E-state index in [9.17, 15) is 9.59 Å². The average Bonchev–Trinajstić information content (AvgIpc) is 2.62. The summed E-state index contributed by atoms with van der Waals surface area (Å²) in [5.74, 6) is -0.661. The zero-order valence-corrected chi connectivity index (χ0v) is 8.54. The van der Waals surface area contributed by atoms with Crippen LogP contribution in [-0.2, 0) is 16.1 Å². The van der Waals surface area contributed by atoms with Gasteiger partial charge in [-0.3, -0.25) is 4.79 Å². The Morgan fingerprint density at radius 3 is 2.81 bits per heavy atom. The minimum atomic E-state index is -0.971. The van der Waals surface area contributed by atoms with Gasteiger partial charge in [0.25, 0.3) is 0 Å². The van der Waals surface area contributed by atoms with E-state index >= 15 is 0 Å². The number of rotatable bonds is 3. The van der Waals surface area contributed by atoms with Crippen molar-refractivity contribution in [3.8, 4) is 0 Å². The first-order valence-corrected chi connectivity index (χ1v) is 4.96. The van der Waals surface area contributed by atoms with E-state index in [4.69, 9.17) is 5.11 Å². The fourth-order valence-electron chi connectivity index (χ4n) is 1.75. The quantitative estimate of drug-likeness (QED) is 0.779. The Kier molecular flexibility index (Phi) is 2.80. The normalized spacial score (nSPS) is 20.1. The number of amides is 1. The molecule has 0 aliphatic carbocycles. The number of aliphatic carboxylic acids is 1. The minimum absolute atomic E-state index is 0.153. The predicted octanol–water partition coefficient (Wildman–Crippen LogP) is 0.0522. The predicted molar refractivity (Wildman–Crippen MR) is 53.2 cm³/mol. The van der Waals surface area contributed by atoms with Crippen molar-refractivity contribution in [3.05, 3.63) is 24.3 Å². The van der Waals surface area contributed by atoms with Gasteiger partial charge in [0, 0.05) is 18.8 Å². The molecule has 2 rings (SSSR count). The summed E-state index contributed by atoms with van der Waals surface area (Å²) >= 11 is 0. The largest absolute Gasteiger partial charge is 0.480 e. The van der Waals surface area contributed by atoms with Crippen molar-refractivity contribution >= 4 is 11.9 Å². The van der Waals surface area contributed by atoms with Gasteiger partial charge in [-0.25, -0.2) is 14.8 Å². The second-order valence-corrected chi connectivity index (χ2v) is 3.58. The van der Waals surface area contributed by atoms with Gasteiger partial charge in [-0.05, 0) is 12.5 Å². The van der Waals surface area contributed by atoms with Crippen molar-refractivity contribution in [1.82, 2.24) is 14.9 Å². The number of nitrogens with zero attached hydrogens (tertiary/aromatic N) is 3. The molecule has 1 aliphatic rings. The molecule has 0 bridgehead atoms. The van der Waals surface area contributed by atoms with Crippen molar-refractivity contribution in [2.75, 3.05) is 0 Å². The van der Waals surface area contributed by atoms with Gasteiger partial charge in [0.1, 0.15) is 11.9 Å². The molecule has 0 spiro atoms. The second-order valence-electron chi connectivity index (χ2n) is 3.58. The SMILES string of the molecule is O=C(O)C1CCC(=O)N1Cc1ncccn1. The minimum Gasteiger partial charge on any atom is -0.480 e. The van der Waals surface area contributed by atoms with Crippen LogP contribution in [0.3, 0.4) is 0 Å².